The molecule has 0 bridgehead atoms. The lowest BCUT2D eigenvalue weighted by Crippen LogP contribution is -2.14. The van der Waals surface area contributed by atoms with Crippen molar-refractivity contribution in [3.8, 4) is 17.6 Å². The standard InChI is InChI=1S/C19H22N3O6PS/c1-12-7-15(8-13(2)16(12)9-20)28-19-17(10-27-29(23)24)22(11-30(3,25)26)21-18(19)14-5-4-6-14/h7-8,14H,4-6,10-11H2,1-3H3/p+1. The molecule has 3 rings (SSSR count). The van der Waals surface area contributed by atoms with Gasteiger partial charge in [0.25, 0.3) is 0 Å². The van der Waals surface area contributed by atoms with Crippen molar-refractivity contribution in [1.29, 1.82) is 5.26 Å². The first kappa shape index (κ1) is 22.4. The molecule has 1 unspecified atom stereocenters. The molecule has 0 radical (unpaired) electrons. The second kappa shape index (κ2) is 8.82. The summed E-state index contributed by atoms with van der Waals surface area (Å²) in [4.78, 5) is 9.09. The highest BCUT2D eigenvalue weighted by Crippen LogP contribution is 2.44. The number of ether oxygens (including phenoxy) is 1. The van der Waals surface area contributed by atoms with E-state index < -0.39 is 24.0 Å². The Morgan fingerprint density at radius 3 is 2.43 bits per heavy atom. The molecule has 1 N–H and O–H groups in total. The first-order chi connectivity index (χ1) is 14.1. The van der Waals surface area contributed by atoms with E-state index >= 15 is 0 Å². The maximum Gasteiger partial charge on any atom is 0.695 e. The normalized spacial score (nSPS) is 14.8. The van der Waals surface area contributed by atoms with Crippen LogP contribution in [0.25, 0.3) is 0 Å². The lowest BCUT2D eigenvalue weighted by atomic mass is 9.82. The molecule has 1 aliphatic carbocycles. The van der Waals surface area contributed by atoms with E-state index in [4.69, 9.17) is 14.2 Å². The van der Waals surface area contributed by atoms with Gasteiger partial charge in [-0.1, -0.05) is 6.42 Å². The van der Waals surface area contributed by atoms with Crippen molar-refractivity contribution in [3.63, 3.8) is 0 Å². The monoisotopic (exact) mass is 452 g/mol. The van der Waals surface area contributed by atoms with Crippen LogP contribution in [0.3, 0.4) is 0 Å². The van der Waals surface area contributed by atoms with E-state index in [2.05, 4.69) is 11.2 Å². The molecular formula is C19H23N3O6PS+. The van der Waals surface area contributed by atoms with Gasteiger partial charge in [0, 0.05) is 16.7 Å². The molecule has 2 aromatic rings. The number of hydrogen-bond acceptors (Lipinski definition) is 7. The van der Waals surface area contributed by atoms with E-state index in [0.29, 0.717) is 22.8 Å². The molecule has 1 atom stereocenters. The van der Waals surface area contributed by atoms with Gasteiger partial charge >= 0.3 is 8.25 Å². The van der Waals surface area contributed by atoms with Crippen molar-refractivity contribution in [3.05, 3.63) is 40.2 Å². The number of nitriles is 1. The molecule has 160 valence electrons. The van der Waals surface area contributed by atoms with Crippen LogP contribution in [0.1, 0.15) is 53.3 Å². The van der Waals surface area contributed by atoms with Crippen LogP contribution in [0.4, 0.5) is 0 Å². The van der Waals surface area contributed by atoms with E-state index in [1.165, 1.54) is 4.68 Å². The van der Waals surface area contributed by atoms with Gasteiger partial charge in [0.15, 0.2) is 22.2 Å². The van der Waals surface area contributed by atoms with Gasteiger partial charge in [0.05, 0.1) is 11.6 Å². The third-order valence-corrected chi connectivity index (χ3v) is 6.10. The highest BCUT2D eigenvalue weighted by Gasteiger charge is 2.32. The maximum absolute atomic E-state index is 11.9. The largest absolute Gasteiger partial charge is 0.695 e. The predicted octanol–water partition coefficient (Wildman–Crippen LogP) is 3.60. The van der Waals surface area contributed by atoms with Gasteiger partial charge in [0.2, 0.25) is 0 Å². The lowest BCUT2D eigenvalue weighted by Gasteiger charge is -2.24. The fourth-order valence-corrected chi connectivity index (χ4v) is 4.31. The molecular weight excluding hydrogens is 429 g/mol. The molecule has 1 fully saturated rings. The van der Waals surface area contributed by atoms with Crippen molar-refractivity contribution in [2.24, 2.45) is 0 Å². The molecule has 9 nitrogen and oxygen atoms in total. The Morgan fingerprint density at radius 2 is 1.97 bits per heavy atom. The van der Waals surface area contributed by atoms with Crippen LogP contribution in [0.15, 0.2) is 12.1 Å². The average molecular weight is 452 g/mol. The van der Waals surface area contributed by atoms with Crippen molar-refractivity contribution in [1.82, 2.24) is 9.78 Å². The summed E-state index contributed by atoms with van der Waals surface area (Å²) in [6.45, 7) is 3.28. The number of nitrogens with zero attached hydrogens (tertiary/aromatic N) is 3. The molecule has 30 heavy (non-hydrogen) atoms. The molecule has 1 saturated carbocycles. The fourth-order valence-electron chi connectivity index (χ4n) is 3.42. The first-order valence-electron chi connectivity index (χ1n) is 9.34. The second-order valence-corrected chi connectivity index (χ2v) is 10.3. The Hall–Kier alpha value is -2.31. The molecule has 1 aliphatic rings. The van der Waals surface area contributed by atoms with Crippen LogP contribution >= 0.6 is 8.25 Å². The van der Waals surface area contributed by atoms with Crippen LogP contribution in [0.5, 0.6) is 11.5 Å². The van der Waals surface area contributed by atoms with Crippen LogP contribution in [-0.4, -0.2) is 29.3 Å². The van der Waals surface area contributed by atoms with Gasteiger partial charge in [-0.15, -0.1) is 9.42 Å². The maximum atomic E-state index is 11.9. The van der Waals surface area contributed by atoms with Crippen LogP contribution < -0.4 is 4.74 Å². The number of benzene rings is 1. The molecule has 0 spiro atoms. The average Bonchev–Trinajstić information content (AvgIpc) is 2.86. The Labute approximate surface area is 176 Å². The smallest absolute Gasteiger partial charge is 0.453 e. The number of rotatable bonds is 8. The summed E-state index contributed by atoms with van der Waals surface area (Å²) in [7, 11) is -6.32. The Kier molecular flexibility index (Phi) is 6.58. The van der Waals surface area contributed by atoms with Crippen LogP contribution in [-0.2, 0) is 31.4 Å². The minimum atomic E-state index is -3.43. The van der Waals surface area contributed by atoms with Gasteiger partial charge in [-0.3, -0.25) is 0 Å². The SMILES string of the molecule is Cc1cc(Oc2c(C3CCC3)nn(CS(C)(=O)=O)c2CO[P+](=O)O)cc(C)c1C#N. The van der Waals surface area contributed by atoms with E-state index in [0.717, 1.165) is 36.6 Å². The van der Waals surface area contributed by atoms with E-state index in [1.54, 1.807) is 26.0 Å². The number of sulfone groups is 1. The molecule has 0 amide bonds. The minimum absolute atomic E-state index is 0.114. The van der Waals surface area contributed by atoms with E-state index in [1.807, 2.05) is 0 Å². The highest BCUT2D eigenvalue weighted by atomic mass is 32.2. The summed E-state index contributed by atoms with van der Waals surface area (Å²) in [6, 6.07) is 5.60. The van der Waals surface area contributed by atoms with Crippen molar-refractivity contribution < 1.29 is 27.1 Å². The zero-order chi connectivity index (χ0) is 22.1. The molecule has 0 aliphatic heterocycles. The van der Waals surface area contributed by atoms with Gasteiger partial charge < -0.3 is 4.74 Å². The highest BCUT2D eigenvalue weighted by molar-refractivity contribution is 7.89. The summed E-state index contributed by atoms with van der Waals surface area (Å²) in [6.07, 6.45) is 3.91. The molecule has 0 saturated heterocycles. The van der Waals surface area contributed by atoms with E-state index in [-0.39, 0.29) is 18.2 Å². The Bertz CT molecular complexity index is 1110. The lowest BCUT2D eigenvalue weighted by molar-refractivity contribution is 0.260. The van der Waals surface area contributed by atoms with Gasteiger partial charge in [-0.05, 0) is 49.9 Å². The van der Waals surface area contributed by atoms with Crippen molar-refractivity contribution >= 4 is 18.1 Å². The quantitative estimate of drug-likeness (QED) is 0.601. The van der Waals surface area contributed by atoms with Gasteiger partial charge in [0.1, 0.15) is 23.0 Å². The summed E-state index contributed by atoms with van der Waals surface area (Å²) >= 11 is 0. The number of aryl methyl sites for hydroxylation is 2. The third kappa shape index (κ3) is 5.05. The summed E-state index contributed by atoms with van der Waals surface area (Å²) in [5.41, 5.74) is 2.95. The van der Waals surface area contributed by atoms with Crippen LogP contribution in [0, 0.1) is 25.2 Å². The van der Waals surface area contributed by atoms with Gasteiger partial charge in [-0.25, -0.2) is 13.1 Å². The topological polar surface area (TPSA) is 132 Å². The fraction of sp³-hybridized carbons (Fsp3) is 0.474. The Balaban J connectivity index is 2.10. The zero-order valence-corrected chi connectivity index (χ0v) is 18.7. The van der Waals surface area contributed by atoms with Crippen LogP contribution in [0.2, 0.25) is 0 Å². The zero-order valence-electron chi connectivity index (χ0n) is 17.0. The number of aromatic nitrogens is 2. The predicted molar refractivity (Wildman–Crippen MR) is 109 cm³/mol. The second-order valence-electron chi connectivity index (χ2n) is 7.50. The third-order valence-electron chi connectivity index (χ3n) is 5.03. The summed E-state index contributed by atoms with van der Waals surface area (Å²) in [5.74, 6) is 0.521. The molecule has 1 aromatic heterocycles. The molecule has 1 aromatic carbocycles. The Morgan fingerprint density at radius 1 is 1.33 bits per heavy atom. The van der Waals surface area contributed by atoms with Crippen molar-refractivity contribution in [2.45, 2.75) is 51.5 Å². The van der Waals surface area contributed by atoms with Crippen molar-refractivity contribution in [2.75, 3.05) is 6.26 Å². The first-order valence-corrected chi connectivity index (χ1v) is 12.5. The summed E-state index contributed by atoms with van der Waals surface area (Å²) in [5, 5.41) is 13.8. The van der Waals surface area contributed by atoms with Gasteiger partial charge in [-0.2, -0.15) is 10.4 Å². The minimum Gasteiger partial charge on any atom is -0.453 e. The number of hydrogen-bond donors (Lipinski definition) is 1. The summed E-state index contributed by atoms with van der Waals surface area (Å²) < 4.78 is 47.2. The van der Waals surface area contributed by atoms with E-state index in [9.17, 15) is 18.2 Å². The molecule has 11 heteroatoms. The molecule has 1 heterocycles.